The summed E-state index contributed by atoms with van der Waals surface area (Å²) in [4.78, 5) is 31.5. The summed E-state index contributed by atoms with van der Waals surface area (Å²) in [5.74, 6) is -0.100. The maximum Gasteiger partial charge on any atom is 0.410 e. The Morgan fingerprint density at radius 1 is 1.39 bits per heavy atom. The molecule has 0 bridgehead atoms. The van der Waals surface area contributed by atoms with Gasteiger partial charge in [-0.2, -0.15) is 5.26 Å². The fourth-order valence-electron chi connectivity index (χ4n) is 3.19. The third-order valence-corrected chi connectivity index (χ3v) is 4.45. The van der Waals surface area contributed by atoms with Crippen LogP contribution in [-0.2, 0) is 4.74 Å². The molecule has 2 aliphatic heterocycles. The van der Waals surface area contributed by atoms with E-state index in [0.717, 1.165) is 12.8 Å². The second-order valence-corrected chi connectivity index (χ2v) is 6.10. The van der Waals surface area contributed by atoms with Gasteiger partial charge in [-0.3, -0.25) is 4.79 Å². The van der Waals surface area contributed by atoms with Gasteiger partial charge in [0.05, 0.1) is 12.1 Å². The topological polar surface area (TPSA) is 86.5 Å². The van der Waals surface area contributed by atoms with Crippen LogP contribution in [0.5, 0.6) is 0 Å². The molecule has 7 nitrogen and oxygen atoms in total. The van der Waals surface area contributed by atoms with E-state index in [1.165, 1.54) is 6.20 Å². The third kappa shape index (κ3) is 2.97. The van der Waals surface area contributed by atoms with Crippen molar-refractivity contribution in [2.75, 3.05) is 26.7 Å². The lowest BCUT2D eigenvalue weighted by atomic mass is 9.95. The molecule has 3 rings (SSSR count). The van der Waals surface area contributed by atoms with Crippen molar-refractivity contribution in [3.05, 3.63) is 29.6 Å². The quantitative estimate of drug-likeness (QED) is 0.782. The lowest BCUT2D eigenvalue weighted by molar-refractivity contribution is 0.0438. The van der Waals surface area contributed by atoms with Gasteiger partial charge in [0.1, 0.15) is 17.4 Å². The first-order valence-electron chi connectivity index (χ1n) is 7.63. The van der Waals surface area contributed by atoms with E-state index in [2.05, 4.69) is 4.98 Å². The molecule has 2 amide bonds. The second-order valence-electron chi connectivity index (χ2n) is 6.10. The van der Waals surface area contributed by atoms with Crippen LogP contribution in [0, 0.1) is 11.3 Å². The van der Waals surface area contributed by atoms with Crippen molar-refractivity contribution in [1.82, 2.24) is 14.8 Å². The number of likely N-dealkylation sites (N-methyl/N-ethyl adjacent to an activating group) is 1. The number of amides is 2. The number of nitriles is 1. The molecule has 3 heterocycles. The van der Waals surface area contributed by atoms with Crippen LogP contribution < -0.4 is 0 Å². The lowest BCUT2D eigenvalue weighted by Crippen LogP contribution is -2.36. The fraction of sp³-hybridized carbons (Fsp3) is 0.500. The van der Waals surface area contributed by atoms with E-state index >= 15 is 0 Å². The predicted molar refractivity (Wildman–Crippen MR) is 80.5 cm³/mol. The SMILES string of the molecule is CN1C[C@@]2(CCCN(C(=O)c3ccc(C#N)nc3)CC2)OC1=O. The minimum Gasteiger partial charge on any atom is -0.441 e. The highest BCUT2D eigenvalue weighted by molar-refractivity contribution is 5.94. The van der Waals surface area contributed by atoms with Crippen LogP contribution in [0.2, 0.25) is 0 Å². The van der Waals surface area contributed by atoms with E-state index < -0.39 is 5.60 Å². The molecule has 0 N–H and O–H groups in total. The van der Waals surface area contributed by atoms with Crippen molar-refractivity contribution in [2.45, 2.75) is 24.9 Å². The molecule has 2 fully saturated rings. The van der Waals surface area contributed by atoms with E-state index in [1.54, 1.807) is 29.0 Å². The molecule has 1 aromatic rings. The molecule has 1 atom stereocenters. The molecule has 1 aromatic heterocycles. The van der Waals surface area contributed by atoms with Crippen molar-refractivity contribution in [3.63, 3.8) is 0 Å². The second kappa shape index (κ2) is 5.88. The first kappa shape index (κ1) is 15.3. The Hall–Kier alpha value is -2.62. The van der Waals surface area contributed by atoms with Gasteiger partial charge >= 0.3 is 6.09 Å². The number of pyridine rings is 1. The first-order valence-corrected chi connectivity index (χ1v) is 7.63. The fourth-order valence-corrected chi connectivity index (χ4v) is 3.19. The molecule has 7 heteroatoms. The van der Waals surface area contributed by atoms with E-state index in [1.807, 2.05) is 6.07 Å². The van der Waals surface area contributed by atoms with Crippen LogP contribution in [0.15, 0.2) is 18.3 Å². The summed E-state index contributed by atoms with van der Waals surface area (Å²) in [5.41, 5.74) is 0.293. The van der Waals surface area contributed by atoms with Crippen molar-refractivity contribution >= 4 is 12.0 Å². The Morgan fingerprint density at radius 3 is 2.83 bits per heavy atom. The van der Waals surface area contributed by atoms with Gasteiger partial charge in [0.25, 0.3) is 5.91 Å². The molecule has 23 heavy (non-hydrogen) atoms. The van der Waals surface area contributed by atoms with Crippen LogP contribution in [0.25, 0.3) is 0 Å². The van der Waals surface area contributed by atoms with Gasteiger partial charge < -0.3 is 14.5 Å². The van der Waals surface area contributed by atoms with Gasteiger partial charge in [-0.05, 0) is 25.0 Å². The van der Waals surface area contributed by atoms with Gasteiger partial charge in [0, 0.05) is 32.8 Å². The Morgan fingerprint density at radius 2 is 2.22 bits per heavy atom. The summed E-state index contributed by atoms with van der Waals surface area (Å²) in [6, 6.07) is 5.10. The Labute approximate surface area is 134 Å². The standard InChI is InChI=1S/C16H18N4O3/c1-19-11-16(23-15(19)22)5-2-7-20(8-6-16)14(21)12-3-4-13(9-17)18-10-12/h3-4,10H,2,5-8,11H2,1H3/t16-/m0/s1. The molecule has 0 radical (unpaired) electrons. The molecule has 0 aliphatic carbocycles. The van der Waals surface area contributed by atoms with Gasteiger partial charge in [-0.15, -0.1) is 0 Å². The van der Waals surface area contributed by atoms with Gasteiger partial charge in [-0.25, -0.2) is 9.78 Å². The maximum absolute atomic E-state index is 12.6. The van der Waals surface area contributed by atoms with E-state index in [9.17, 15) is 9.59 Å². The minimum atomic E-state index is -0.468. The molecule has 120 valence electrons. The molecule has 0 unspecified atom stereocenters. The first-order chi connectivity index (χ1) is 11.0. The summed E-state index contributed by atoms with van der Waals surface area (Å²) < 4.78 is 5.55. The number of carbonyl (C=O) groups is 2. The van der Waals surface area contributed by atoms with Crippen LogP contribution in [0.1, 0.15) is 35.3 Å². The van der Waals surface area contributed by atoms with Crippen LogP contribution in [0.3, 0.4) is 0 Å². The highest BCUT2D eigenvalue weighted by atomic mass is 16.6. The number of hydrogen-bond donors (Lipinski definition) is 0. The molecule has 2 aliphatic rings. The zero-order valence-electron chi connectivity index (χ0n) is 13.0. The smallest absolute Gasteiger partial charge is 0.410 e. The molecule has 0 saturated carbocycles. The number of likely N-dealkylation sites (tertiary alicyclic amines) is 1. The number of ether oxygens (including phenoxy) is 1. The number of carbonyl (C=O) groups excluding carboxylic acids is 2. The molecular formula is C16H18N4O3. The minimum absolute atomic E-state index is 0.100. The number of rotatable bonds is 1. The highest BCUT2D eigenvalue weighted by Crippen LogP contribution is 2.32. The molecular weight excluding hydrogens is 296 g/mol. The number of aromatic nitrogens is 1. The lowest BCUT2D eigenvalue weighted by Gasteiger charge is -2.25. The normalized spacial score (nSPS) is 24.3. The van der Waals surface area contributed by atoms with Crippen molar-refractivity contribution in [3.8, 4) is 6.07 Å². The van der Waals surface area contributed by atoms with Gasteiger partial charge in [0.2, 0.25) is 0 Å². The Kier molecular flexibility index (Phi) is 3.90. The van der Waals surface area contributed by atoms with Crippen LogP contribution in [0.4, 0.5) is 4.79 Å². The van der Waals surface area contributed by atoms with Crippen LogP contribution in [-0.4, -0.2) is 59.1 Å². The summed E-state index contributed by atoms with van der Waals surface area (Å²) in [6.07, 6.45) is 3.33. The Bertz CT molecular complexity index is 667. The molecule has 1 spiro atoms. The van der Waals surface area contributed by atoms with Crippen molar-refractivity contribution < 1.29 is 14.3 Å². The van der Waals surface area contributed by atoms with E-state index in [0.29, 0.717) is 31.6 Å². The average molecular weight is 314 g/mol. The maximum atomic E-state index is 12.6. The monoisotopic (exact) mass is 314 g/mol. The predicted octanol–water partition coefficient (Wildman–Crippen LogP) is 1.40. The zero-order chi connectivity index (χ0) is 16.4. The zero-order valence-corrected chi connectivity index (χ0v) is 13.0. The van der Waals surface area contributed by atoms with E-state index in [-0.39, 0.29) is 17.7 Å². The third-order valence-electron chi connectivity index (χ3n) is 4.45. The summed E-state index contributed by atoms with van der Waals surface area (Å²) >= 11 is 0. The van der Waals surface area contributed by atoms with Crippen LogP contribution >= 0.6 is 0 Å². The Balaban J connectivity index is 1.69. The largest absolute Gasteiger partial charge is 0.441 e. The van der Waals surface area contributed by atoms with Gasteiger partial charge in [0.15, 0.2) is 0 Å². The number of hydrogen-bond acceptors (Lipinski definition) is 5. The summed E-state index contributed by atoms with van der Waals surface area (Å²) in [5, 5.41) is 8.76. The molecule has 0 aromatic carbocycles. The average Bonchev–Trinajstić information content (AvgIpc) is 2.73. The highest BCUT2D eigenvalue weighted by Gasteiger charge is 2.44. The van der Waals surface area contributed by atoms with Crippen molar-refractivity contribution in [2.24, 2.45) is 0 Å². The number of nitrogens with zero attached hydrogens (tertiary/aromatic N) is 4. The summed E-state index contributed by atoms with van der Waals surface area (Å²) in [7, 11) is 1.73. The molecule has 2 saturated heterocycles. The van der Waals surface area contributed by atoms with Gasteiger partial charge in [-0.1, -0.05) is 0 Å². The van der Waals surface area contributed by atoms with Crippen molar-refractivity contribution in [1.29, 1.82) is 5.26 Å². The summed E-state index contributed by atoms with van der Waals surface area (Å²) in [6.45, 7) is 1.74. The van der Waals surface area contributed by atoms with E-state index in [4.69, 9.17) is 10.00 Å².